The minimum Gasteiger partial charge on any atom is -0.463 e. The van der Waals surface area contributed by atoms with Gasteiger partial charge in [-0.1, -0.05) is 20.8 Å². The summed E-state index contributed by atoms with van der Waals surface area (Å²) in [6.07, 6.45) is 1.58. The molecule has 0 aromatic carbocycles. The average molecular weight is 181 g/mol. The quantitative estimate of drug-likeness (QED) is 0.750. The van der Waals surface area contributed by atoms with Crippen molar-refractivity contribution in [3.05, 3.63) is 12.3 Å². The van der Waals surface area contributed by atoms with Crippen molar-refractivity contribution in [1.82, 2.24) is 9.97 Å². The Morgan fingerprint density at radius 1 is 1.46 bits per heavy atom. The number of nitrogen functional groups attached to an aromatic ring is 1. The van der Waals surface area contributed by atoms with Crippen LogP contribution in [0.5, 0.6) is 6.01 Å². The molecule has 0 radical (unpaired) electrons. The van der Waals surface area contributed by atoms with Crippen LogP contribution in [-0.2, 0) is 0 Å². The molecule has 0 amide bonds. The molecule has 13 heavy (non-hydrogen) atoms. The van der Waals surface area contributed by atoms with Gasteiger partial charge in [-0.3, -0.25) is 0 Å². The molecule has 0 saturated carbocycles. The average Bonchev–Trinajstić information content (AvgIpc) is 2.00. The first-order chi connectivity index (χ1) is 5.97. The Balaban J connectivity index is 2.55. The molecule has 4 heteroatoms. The van der Waals surface area contributed by atoms with E-state index in [9.17, 15) is 0 Å². The molecule has 0 fully saturated rings. The van der Waals surface area contributed by atoms with Gasteiger partial charge in [-0.25, -0.2) is 4.98 Å². The zero-order valence-corrected chi connectivity index (χ0v) is 8.24. The molecule has 0 aliphatic rings. The topological polar surface area (TPSA) is 61.0 Å². The van der Waals surface area contributed by atoms with Crippen molar-refractivity contribution in [1.29, 1.82) is 0 Å². The highest BCUT2D eigenvalue weighted by Gasteiger charge is 2.11. The van der Waals surface area contributed by atoms with E-state index in [0.29, 0.717) is 18.4 Å². The first-order valence-electron chi connectivity index (χ1n) is 4.19. The van der Waals surface area contributed by atoms with Gasteiger partial charge in [0, 0.05) is 6.20 Å². The number of hydrogen-bond donors (Lipinski definition) is 1. The molecule has 0 bridgehead atoms. The van der Waals surface area contributed by atoms with E-state index in [1.54, 1.807) is 12.3 Å². The molecule has 4 nitrogen and oxygen atoms in total. The number of aromatic nitrogens is 2. The van der Waals surface area contributed by atoms with Gasteiger partial charge >= 0.3 is 6.01 Å². The zero-order chi connectivity index (χ0) is 9.90. The molecule has 1 rings (SSSR count). The Hall–Kier alpha value is -1.32. The van der Waals surface area contributed by atoms with Crippen LogP contribution in [0.15, 0.2) is 12.3 Å². The Morgan fingerprint density at radius 3 is 2.69 bits per heavy atom. The lowest BCUT2D eigenvalue weighted by molar-refractivity contribution is 0.184. The maximum atomic E-state index is 5.47. The molecule has 2 N–H and O–H groups in total. The van der Waals surface area contributed by atoms with Crippen molar-refractivity contribution in [3.63, 3.8) is 0 Å². The van der Waals surface area contributed by atoms with Crippen LogP contribution >= 0.6 is 0 Å². The van der Waals surface area contributed by atoms with Gasteiger partial charge in [0.1, 0.15) is 5.82 Å². The molecule has 0 saturated heterocycles. The van der Waals surface area contributed by atoms with Crippen LogP contribution in [0.1, 0.15) is 20.8 Å². The summed E-state index contributed by atoms with van der Waals surface area (Å²) in [5.41, 5.74) is 5.57. The van der Waals surface area contributed by atoms with E-state index in [2.05, 4.69) is 30.7 Å². The summed E-state index contributed by atoms with van der Waals surface area (Å²) in [6, 6.07) is 1.97. The SMILES string of the molecule is CC(C)(C)COc1nccc(N)n1. The summed E-state index contributed by atoms with van der Waals surface area (Å²) < 4.78 is 5.35. The van der Waals surface area contributed by atoms with Crippen LogP contribution in [0.3, 0.4) is 0 Å². The zero-order valence-electron chi connectivity index (χ0n) is 8.24. The van der Waals surface area contributed by atoms with E-state index in [1.807, 2.05) is 0 Å². The van der Waals surface area contributed by atoms with Crippen molar-refractivity contribution >= 4 is 5.82 Å². The lowest BCUT2D eigenvalue weighted by atomic mass is 9.99. The van der Waals surface area contributed by atoms with Gasteiger partial charge in [-0.2, -0.15) is 4.98 Å². The number of nitrogens with zero attached hydrogens (tertiary/aromatic N) is 2. The van der Waals surface area contributed by atoms with Crippen LogP contribution in [0, 0.1) is 5.41 Å². The lowest BCUT2D eigenvalue weighted by Gasteiger charge is -2.17. The van der Waals surface area contributed by atoms with Crippen LogP contribution < -0.4 is 10.5 Å². The summed E-state index contributed by atoms with van der Waals surface area (Å²) in [5, 5.41) is 0. The second kappa shape index (κ2) is 3.60. The predicted molar refractivity (Wildman–Crippen MR) is 51.4 cm³/mol. The Morgan fingerprint density at radius 2 is 2.15 bits per heavy atom. The smallest absolute Gasteiger partial charge is 0.318 e. The van der Waals surface area contributed by atoms with E-state index in [0.717, 1.165) is 0 Å². The molecule has 0 aliphatic heterocycles. The second-order valence-corrected chi connectivity index (χ2v) is 4.11. The summed E-state index contributed by atoms with van der Waals surface area (Å²) >= 11 is 0. The van der Waals surface area contributed by atoms with Gasteiger partial charge in [0.15, 0.2) is 0 Å². The van der Waals surface area contributed by atoms with E-state index < -0.39 is 0 Å². The largest absolute Gasteiger partial charge is 0.463 e. The van der Waals surface area contributed by atoms with Crippen LogP contribution in [0.25, 0.3) is 0 Å². The molecule has 1 heterocycles. The minimum atomic E-state index is 0.105. The van der Waals surface area contributed by atoms with E-state index in [4.69, 9.17) is 10.5 Å². The maximum Gasteiger partial charge on any atom is 0.318 e. The first-order valence-corrected chi connectivity index (χ1v) is 4.19. The number of rotatable bonds is 2. The number of hydrogen-bond acceptors (Lipinski definition) is 4. The van der Waals surface area contributed by atoms with Gasteiger partial charge in [0.25, 0.3) is 0 Å². The van der Waals surface area contributed by atoms with E-state index >= 15 is 0 Å². The fraction of sp³-hybridized carbons (Fsp3) is 0.556. The highest BCUT2D eigenvalue weighted by Crippen LogP contribution is 2.14. The molecule has 1 aromatic heterocycles. The Labute approximate surface area is 78.1 Å². The van der Waals surface area contributed by atoms with Crippen molar-refractivity contribution < 1.29 is 4.74 Å². The minimum absolute atomic E-state index is 0.105. The molecule has 72 valence electrons. The Kier molecular flexibility index (Phi) is 2.70. The fourth-order valence-corrected chi connectivity index (χ4v) is 0.705. The van der Waals surface area contributed by atoms with Gasteiger partial charge in [-0.05, 0) is 11.5 Å². The number of anilines is 1. The molecular weight excluding hydrogens is 166 g/mol. The van der Waals surface area contributed by atoms with Crippen LogP contribution in [-0.4, -0.2) is 16.6 Å². The van der Waals surface area contributed by atoms with Crippen LogP contribution in [0.4, 0.5) is 5.82 Å². The summed E-state index contributed by atoms with van der Waals surface area (Å²) in [7, 11) is 0. The molecule has 0 atom stereocenters. The predicted octanol–water partition coefficient (Wildman–Crippen LogP) is 1.48. The van der Waals surface area contributed by atoms with Crippen molar-refractivity contribution in [2.45, 2.75) is 20.8 Å². The summed E-state index contributed by atoms with van der Waals surface area (Å²) in [4.78, 5) is 7.85. The molecule has 0 spiro atoms. The third-order valence-corrected chi connectivity index (χ3v) is 1.29. The fourth-order valence-electron chi connectivity index (χ4n) is 0.705. The lowest BCUT2D eigenvalue weighted by Crippen LogP contribution is -2.18. The highest BCUT2D eigenvalue weighted by molar-refractivity contribution is 5.26. The van der Waals surface area contributed by atoms with Crippen molar-refractivity contribution in [3.8, 4) is 6.01 Å². The summed E-state index contributed by atoms with van der Waals surface area (Å²) in [6.45, 7) is 6.83. The maximum absolute atomic E-state index is 5.47. The Bertz CT molecular complexity index is 280. The highest BCUT2D eigenvalue weighted by atomic mass is 16.5. The van der Waals surface area contributed by atoms with Crippen molar-refractivity contribution in [2.75, 3.05) is 12.3 Å². The second-order valence-electron chi connectivity index (χ2n) is 4.11. The normalized spacial score (nSPS) is 11.3. The molecule has 0 aliphatic carbocycles. The van der Waals surface area contributed by atoms with E-state index in [1.165, 1.54) is 0 Å². The van der Waals surface area contributed by atoms with Gasteiger partial charge in [0.05, 0.1) is 6.61 Å². The molecule has 1 aromatic rings. The molecule has 0 unspecified atom stereocenters. The van der Waals surface area contributed by atoms with Crippen molar-refractivity contribution in [2.24, 2.45) is 5.41 Å². The standard InChI is InChI=1S/C9H15N3O/c1-9(2,3)6-13-8-11-5-4-7(10)12-8/h4-5H,6H2,1-3H3,(H2,10,11,12). The van der Waals surface area contributed by atoms with Gasteiger partial charge in [-0.15, -0.1) is 0 Å². The third kappa shape index (κ3) is 3.73. The molecular formula is C9H15N3O. The summed E-state index contributed by atoms with van der Waals surface area (Å²) in [5.74, 6) is 0.430. The first kappa shape index (κ1) is 9.77. The number of ether oxygens (including phenoxy) is 1. The van der Waals surface area contributed by atoms with Gasteiger partial charge in [0.2, 0.25) is 0 Å². The number of nitrogens with two attached hydrogens (primary N) is 1. The van der Waals surface area contributed by atoms with Crippen LogP contribution in [0.2, 0.25) is 0 Å². The van der Waals surface area contributed by atoms with Gasteiger partial charge < -0.3 is 10.5 Å². The monoisotopic (exact) mass is 181 g/mol. The third-order valence-electron chi connectivity index (χ3n) is 1.29. The van der Waals surface area contributed by atoms with E-state index in [-0.39, 0.29) is 5.41 Å².